The van der Waals surface area contributed by atoms with Gasteiger partial charge in [-0.25, -0.2) is 0 Å². The molecule has 3 rings (SSSR count). The number of methoxy groups -OCH3 is 1. The topological polar surface area (TPSA) is 79.0 Å². The van der Waals surface area contributed by atoms with Crippen molar-refractivity contribution < 1.29 is 19.1 Å². The van der Waals surface area contributed by atoms with E-state index in [-0.39, 0.29) is 36.0 Å². The molecule has 0 bridgehead atoms. The van der Waals surface area contributed by atoms with Gasteiger partial charge in [0, 0.05) is 57.9 Å². The van der Waals surface area contributed by atoms with Crippen molar-refractivity contribution in [3.8, 4) is 0 Å². The Morgan fingerprint density at radius 2 is 1.83 bits per heavy atom. The molecule has 1 aromatic carbocycles. The lowest BCUT2D eigenvalue weighted by molar-refractivity contribution is -0.139. The van der Waals surface area contributed by atoms with Crippen molar-refractivity contribution >= 4 is 23.4 Å². The van der Waals surface area contributed by atoms with Crippen LogP contribution in [0.15, 0.2) is 24.3 Å². The average molecular weight is 402 g/mol. The van der Waals surface area contributed by atoms with Crippen LogP contribution in [0.1, 0.15) is 31.2 Å². The van der Waals surface area contributed by atoms with E-state index >= 15 is 0 Å². The van der Waals surface area contributed by atoms with Gasteiger partial charge in [-0.05, 0) is 38.3 Å². The number of carbonyl (C=O) groups is 3. The van der Waals surface area contributed by atoms with Gasteiger partial charge in [0.1, 0.15) is 0 Å². The molecule has 29 heavy (non-hydrogen) atoms. The second-order valence-electron chi connectivity index (χ2n) is 7.98. The molecule has 0 aliphatic carbocycles. The van der Waals surface area contributed by atoms with Crippen molar-refractivity contribution in [2.45, 2.75) is 32.6 Å². The number of piperidine rings is 1. The van der Waals surface area contributed by atoms with Gasteiger partial charge in [-0.1, -0.05) is 17.7 Å². The summed E-state index contributed by atoms with van der Waals surface area (Å²) in [6, 6.07) is 7.80. The van der Waals surface area contributed by atoms with E-state index in [1.165, 1.54) is 0 Å². The van der Waals surface area contributed by atoms with Crippen LogP contribution in [0.4, 0.5) is 5.69 Å². The molecular formula is C22H31N3O4. The minimum atomic E-state index is -0.303. The minimum absolute atomic E-state index is 0.00229. The summed E-state index contributed by atoms with van der Waals surface area (Å²) in [5.41, 5.74) is 1.98. The summed E-state index contributed by atoms with van der Waals surface area (Å²) in [5.74, 6) is -0.252. The van der Waals surface area contributed by atoms with Gasteiger partial charge in [-0.2, -0.15) is 0 Å². The van der Waals surface area contributed by atoms with Crippen LogP contribution in [0.3, 0.4) is 0 Å². The van der Waals surface area contributed by atoms with Crippen LogP contribution >= 0.6 is 0 Å². The summed E-state index contributed by atoms with van der Waals surface area (Å²) >= 11 is 0. The molecule has 0 saturated carbocycles. The molecule has 0 radical (unpaired) electrons. The smallest absolute Gasteiger partial charge is 0.228 e. The molecule has 7 heteroatoms. The van der Waals surface area contributed by atoms with Crippen LogP contribution in [0.2, 0.25) is 0 Å². The van der Waals surface area contributed by atoms with Gasteiger partial charge in [0.15, 0.2) is 0 Å². The fraction of sp³-hybridized carbons (Fsp3) is 0.591. The van der Waals surface area contributed by atoms with Crippen LogP contribution < -0.4 is 10.2 Å². The quantitative estimate of drug-likeness (QED) is 0.706. The lowest BCUT2D eigenvalue weighted by Gasteiger charge is -2.33. The van der Waals surface area contributed by atoms with Crippen molar-refractivity contribution in [2.24, 2.45) is 11.8 Å². The van der Waals surface area contributed by atoms with Gasteiger partial charge < -0.3 is 19.9 Å². The molecule has 158 valence electrons. The number of carbonyl (C=O) groups excluding carboxylic acids is 3. The fourth-order valence-electron chi connectivity index (χ4n) is 4.04. The first-order valence-corrected chi connectivity index (χ1v) is 10.4. The Labute approximate surface area is 172 Å². The number of nitrogens with zero attached hydrogens (tertiary/aromatic N) is 2. The highest BCUT2D eigenvalue weighted by atomic mass is 16.5. The Morgan fingerprint density at radius 3 is 2.48 bits per heavy atom. The van der Waals surface area contributed by atoms with E-state index in [4.69, 9.17) is 4.74 Å². The number of rotatable bonds is 7. The van der Waals surface area contributed by atoms with Crippen molar-refractivity contribution in [1.82, 2.24) is 10.2 Å². The number of anilines is 1. The molecule has 2 aliphatic heterocycles. The van der Waals surface area contributed by atoms with E-state index < -0.39 is 0 Å². The number of likely N-dealkylation sites (tertiary alicyclic amines) is 1. The Hall–Kier alpha value is -2.41. The average Bonchev–Trinajstić information content (AvgIpc) is 3.13. The van der Waals surface area contributed by atoms with Crippen molar-refractivity contribution in [3.05, 3.63) is 29.8 Å². The van der Waals surface area contributed by atoms with Crippen molar-refractivity contribution in [3.63, 3.8) is 0 Å². The SMILES string of the molecule is COCCCNC(=O)C1CCN(C(=O)[C@H]2CC(=O)N(c3ccc(C)cc3)C2)CC1. The Morgan fingerprint density at radius 1 is 1.14 bits per heavy atom. The monoisotopic (exact) mass is 401 g/mol. The first-order chi connectivity index (χ1) is 14.0. The van der Waals surface area contributed by atoms with Gasteiger partial charge in [-0.15, -0.1) is 0 Å². The lowest BCUT2D eigenvalue weighted by Crippen LogP contribution is -2.45. The van der Waals surface area contributed by atoms with E-state index in [1.54, 1.807) is 12.0 Å². The number of hydrogen-bond donors (Lipinski definition) is 1. The van der Waals surface area contributed by atoms with Gasteiger partial charge in [0.05, 0.1) is 5.92 Å². The van der Waals surface area contributed by atoms with Crippen LogP contribution in [0.25, 0.3) is 0 Å². The third kappa shape index (κ3) is 5.35. The second-order valence-corrected chi connectivity index (χ2v) is 7.98. The van der Waals surface area contributed by atoms with Gasteiger partial charge in [0.2, 0.25) is 17.7 Å². The second kappa shape index (κ2) is 9.87. The normalized spacial score (nSPS) is 20.2. The first-order valence-electron chi connectivity index (χ1n) is 10.4. The van der Waals surface area contributed by atoms with Gasteiger partial charge >= 0.3 is 0 Å². The lowest BCUT2D eigenvalue weighted by atomic mass is 9.94. The maximum Gasteiger partial charge on any atom is 0.228 e. The zero-order valence-corrected chi connectivity index (χ0v) is 17.4. The molecule has 1 atom stereocenters. The molecular weight excluding hydrogens is 370 g/mol. The van der Waals surface area contributed by atoms with Gasteiger partial charge in [0.25, 0.3) is 0 Å². The summed E-state index contributed by atoms with van der Waals surface area (Å²) in [7, 11) is 1.65. The number of aryl methyl sites for hydroxylation is 1. The fourth-order valence-corrected chi connectivity index (χ4v) is 4.04. The van der Waals surface area contributed by atoms with Crippen LogP contribution in [0, 0.1) is 18.8 Å². The third-order valence-electron chi connectivity index (χ3n) is 5.82. The maximum absolute atomic E-state index is 12.9. The summed E-state index contributed by atoms with van der Waals surface area (Å²) < 4.78 is 4.98. The van der Waals surface area contributed by atoms with E-state index in [1.807, 2.05) is 36.1 Å². The zero-order chi connectivity index (χ0) is 20.8. The molecule has 7 nitrogen and oxygen atoms in total. The van der Waals surface area contributed by atoms with Crippen LogP contribution in [-0.2, 0) is 19.1 Å². The molecule has 2 saturated heterocycles. The molecule has 2 fully saturated rings. The molecule has 1 aromatic rings. The Bertz CT molecular complexity index is 726. The molecule has 0 spiro atoms. The standard InChI is InChI=1S/C22H31N3O4/c1-16-4-6-19(7-5-16)25-15-18(14-20(25)26)22(28)24-11-8-17(9-12-24)21(27)23-10-3-13-29-2/h4-7,17-18H,3,8-15H2,1-2H3,(H,23,27)/t18-/m0/s1. The summed E-state index contributed by atoms with van der Waals surface area (Å²) in [5, 5.41) is 2.95. The van der Waals surface area contributed by atoms with E-state index in [2.05, 4.69) is 5.32 Å². The molecule has 2 heterocycles. The van der Waals surface area contributed by atoms with Gasteiger partial charge in [-0.3, -0.25) is 14.4 Å². The van der Waals surface area contributed by atoms with E-state index in [0.717, 1.165) is 17.7 Å². The predicted octanol–water partition coefficient (Wildman–Crippen LogP) is 1.74. The largest absolute Gasteiger partial charge is 0.385 e. The van der Waals surface area contributed by atoms with E-state index in [0.29, 0.717) is 45.6 Å². The number of ether oxygens (including phenoxy) is 1. The summed E-state index contributed by atoms with van der Waals surface area (Å²) in [6.07, 6.45) is 2.40. The third-order valence-corrected chi connectivity index (χ3v) is 5.82. The van der Waals surface area contributed by atoms with Crippen LogP contribution in [-0.4, -0.2) is 62.5 Å². The molecule has 1 N–H and O–H groups in total. The molecule has 2 aliphatic rings. The highest BCUT2D eigenvalue weighted by molar-refractivity contribution is 6.00. The Balaban J connectivity index is 1.47. The molecule has 0 aromatic heterocycles. The number of benzene rings is 1. The molecule has 3 amide bonds. The van der Waals surface area contributed by atoms with Crippen LogP contribution in [0.5, 0.6) is 0 Å². The zero-order valence-electron chi connectivity index (χ0n) is 17.4. The highest BCUT2D eigenvalue weighted by Crippen LogP contribution is 2.28. The Kier molecular flexibility index (Phi) is 7.25. The number of nitrogens with one attached hydrogen (secondary N) is 1. The van der Waals surface area contributed by atoms with E-state index in [9.17, 15) is 14.4 Å². The summed E-state index contributed by atoms with van der Waals surface area (Å²) in [4.78, 5) is 41.2. The maximum atomic E-state index is 12.9. The molecule has 0 unspecified atom stereocenters. The van der Waals surface area contributed by atoms with Crippen molar-refractivity contribution in [1.29, 1.82) is 0 Å². The number of hydrogen-bond acceptors (Lipinski definition) is 4. The number of amides is 3. The predicted molar refractivity (Wildman–Crippen MR) is 110 cm³/mol. The van der Waals surface area contributed by atoms with Crippen molar-refractivity contribution in [2.75, 3.05) is 44.8 Å². The minimum Gasteiger partial charge on any atom is -0.385 e. The summed E-state index contributed by atoms with van der Waals surface area (Å²) in [6.45, 7) is 4.83. The first kappa shape index (κ1) is 21.3. The highest BCUT2D eigenvalue weighted by Gasteiger charge is 2.38.